The Morgan fingerprint density at radius 2 is 2.04 bits per heavy atom. The van der Waals surface area contributed by atoms with Crippen molar-refractivity contribution in [1.82, 2.24) is 30.5 Å². The van der Waals surface area contributed by atoms with Gasteiger partial charge in [0.2, 0.25) is 11.8 Å². The Kier molecular flexibility index (Phi) is 4.79. The maximum Gasteiger partial charge on any atom is 0.216 e. The normalized spacial score (nSPS) is 19.9. The van der Waals surface area contributed by atoms with Crippen molar-refractivity contribution in [3.05, 3.63) is 53.5 Å². The molecule has 0 saturated heterocycles. The molecule has 7 nitrogen and oxygen atoms in total. The van der Waals surface area contributed by atoms with Gasteiger partial charge in [-0.05, 0) is 43.7 Å². The fourth-order valence-electron chi connectivity index (χ4n) is 3.68. The lowest BCUT2D eigenvalue weighted by molar-refractivity contribution is 0.408. The molecule has 7 heteroatoms. The van der Waals surface area contributed by atoms with Crippen molar-refractivity contribution < 1.29 is 4.42 Å². The van der Waals surface area contributed by atoms with Crippen LogP contribution in [0, 0.1) is 19.8 Å². The summed E-state index contributed by atoms with van der Waals surface area (Å²) in [7, 11) is 0. The van der Waals surface area contributed by atoms with E-state index in [1.807, 2.05) is 29.9 Å². The monoisotopic (exact) mass is 352 g/mol. The third-order valence-corrected chi connectivity index (χ3v) is 5.05. The van der Waals surface area contributed by atoms with Crippen molar-refractivity contribution in [1.29, 1.82) is 0 Å². The molecule has 4 rings (SSSR count). The zero-order chi connectivity index (χ0) is 17.9. The molecule has 136 valence electrons. The summed E-state index contributed by atoms with van der Waals surface area (Å²) in [6.07, 6.45) is 6.37. The van der Waals surface area contributed by atoms with Crippen LogP contribution in [0.25, 0.3) is 5.69 Å². The van der Waals surface area contributed by atoms with Gasteiger partial charge in [0.25, 0.3) is 0 Å². The number of aryl methyl sites for hydroxylation is 2. The van der Waals surface area contributed by atoms with Gasteiger partial charge in [0.05, 0.1) is 17.6 Å². The predicted octanol–water partition coefficient (Wildman–Crippen LogP) is 2.77. The minimum atomic E-state index is 0.507. The summed E-state index contributed by atoms with van der Waals surface area (Å²) in [6, 6.07) is 8.70. The minimum Gasteiger partial charge on any atom is -0.426 e. The number of hydrogen-bond donors (Lipinski definition) is 1. The van der Waals surface area contributed by atoms with E-state index in [-0.39, 0.29) is 0 Å². The van der Waals surface area contributed by atoms with Gasteiger partial charge in [-0.2, -0.15) is 0 Å². The molecule has 1 aromatic carbocycles. The molecule has 1 saturated carbocycles. The van der Waals surface area contributed by atoms with E-state index >= 15 is 0 Å². The van der Waals surface area contributed by atoms with Crippen LogP contribution in [0.15, 0.2) is 34.9 Å². The number of para-hydroxylation sites is 1. The Morgan fingerprint density at radius 3 is 2.85 bits per heavy atom. The summed E-state index contributed by atoms with van der Waals surface area (Å²) in [5.74, 6) is 2.01. The Bertz CT molecular complexity index is 870. The molecule has 1 fully saturated rings. The average Bonchev–Trinajstić information content (AvgIpc) is 3.36. The van der Waals surface area contributed by atoms with Crippen molar-refractivity contribution in [3.8, 4) is 5.69 Å². The van der Waals surface area contributed by atoms with Crippen LogP contribution in [0.3, 0.4) is 0 Å². The predicted molar refractivity (Wildman–Crippen MR) is 96.8 cm³/mol. The molecule has 2 aromatic heterocycles. The summed E-state index contributed by atoms with van der Waals surface area (Å²) in [6.45, 7) is 4.65. The SMILES string of the molecule is Cc1nnc(C[C@@H]2CC[C@H](NCc3cn(-c4ccccc4C)nn3)C2)o1. The smallest absolute Gasteiger partial charge is 0.216 e. The average molecular weight is 352 g/mol. The summed E-state index contributed by atoms with van der Waals surface area (Å²) in [5, 5.41) is 20.2. The molecule has 3 aromatic rings. The lowest BCUT2D eigenvalue weighted by atomic mass is 10.0. The van der Waals surface area contributed by atoms with Gasteiger partial charge in [-0.25, -0.2) is 4.68 Å². The Balaban J connectivity index is 1.29. The van der Waals surface area contributed by atoms with Crippen LogP contribution >= 0.6 is 0 Å². The van der Waals surface area contributed by atoms with Crippen molar-refractivity contribution >= 4 is 0 Å². The second-order valence-electron chi connectivity index (χ2n) is 7.12. The fraction of sp³-hybridized carbons (Fsp3) is 0.474. The van der Waals surface area contributed by atoms with Crippen LogP contribution < -0.4 is 5.32 Å². The maximum atomic E-state index is 5.50. The molecular formula is C19H24N6O. The number of rotatable bonds is 6. The summed E-state index contributed by atoms with van der Waals surface area (Å²) in [5.41, 5.74) is 3.22. The second-order valence-corrected chi connectivity index (χ2v) is 7.12. The first-order valence-electron chi connectivity index (χ1n) is 9.17. The highest BCUT2D eigenvalue weighted by Crippen LogP contribution is 2.28. The summed E-state index contributed by atoms with van der Waals surface area (Å²) < 4.78 is 7.35. The first-order chi connectivity index (χ1) is 12.7. The van der Waals surface area contributed by atoms with Crippen molar-refractivity contribution in [2.24, 2.45) is 5.92 Å². The number of nitrogens with one attached hydrogen (secondary N) is 1. The van der Waals surface area contributed by atoms with E-state index in [9.17, 15) is 0 Å². The molecular weight excluding hydrogens is 328 g/mol. The van der Waals surface area contributed by atoms with E-state index < -0.39 is 0 Å². The van der Waals surface area contributed by atoms with Gasteiger partial charge in [-0.15, -0.1) is 15.3 Å². The molecule has 0 radical (unpaired) electrons. The van der Waals surface area contributed by atoms with Gasteiger partial charge in [0.1, 0.15) is 0 Å². The molecule has 0 unspecified atom stereocenters. The van der Waals surface area contributed by atoms with Crippen LogP contribution in [-0.2, 0) is 13.0 Å². The largest absolute Gasteiger partial charge is 0.426 e. The number of nitrogens with zero attached hydrogens (tertiary/aromatic N) is 5. The molecule has 2 heterocycles. The van der Waals surface area contributed by atoms with Gasteiger partial charge in [-0.1, -0.05) is 23.4 Å². The highest BCUT2D eigenvalue weighted by atomic mass is 16.4. The summed E-state index contributed by atoms with van der Waals surface area (Å²) in [4.78, 5) is 0. The molecule has 0 aliphatic heterocycles. The van der Waals surface area contributed by atoms with Crippen molar-refractivity contribution in [3.63, 3.8) is 0 Å². The Morgan fingerprint density at radius 1 is 1.15 bits per heavy atom. The first-order valence-corrected chi connectivity index (χ1v) is 9.17. The lowest BCUT2D eigenvalue weighted by Crippen LogP contribution is -2.26. The van der Waals surface area contributed by atoms with E-state index in [4.69, 9.17) is 4.42 Å². The molecule has 0 amide bonds. The van der Waals surface area contributed by atoms with Gasteiger partial charge in [0.15, 0.2) is 0 Å². The van der Waals surface area contributed by atoms with Crippen LogP contribution in [0.1, 0.15) is 42.3 Å². The van der Waals surface area contributed by atoms with E-state index in [1.165, 1.54) is 18.4 Å². The number of hydrogen-bond acceptors (Lipinski definition) is 6. The van der Waals surface area contributed by atoms with Crippen molar-refractivity contribution in [2.75, 3.05) is 0 Å². The lowest BCUT2D eigenvalue weighted by Gasteiger charge is -2.11. The van der Waals surface area contributed by atoms with Gasteiger partial charge in [-0.3, -0.25) is 0 Å². The zero-order valence-corrected chi connectivity index (χ0v) is 15.2. The van der Waals surface area contributed by atoms with E-state index in [2.05, 4.69) is 44.9 Å². The van der Waals surface area contributed by atoms with E-state index in [0.717, 1.165) is 36.7 Å². The molecule has 0 bridgehead atoms. The highest BCUT2D eigenvalue weighted by molar-refractivity contribution is 5.38. The third-order valence-electron chi connectivity index (χ3n) is 5.05. The van der Waals surface area contributed by atoms with E-state index in [1.54, 1.807) is 0 Å². The quantitative estimate of drug-likeness (QED) is 0.735. The molecule has 1 N–H and O–H groups in total. The third kappa shape index (κ3) is 3.83. The van der Waals surface area contributed by atoms with Gasteiger partial charge in [0, 0.05) is 25.9 Å². The van der Waals surface area contributed by atoms with Gasteiger partial charge < -0.3 is 9.73 Å². The molecule has 2 atom stereocenters. The van der Waals surface area contributed by atoms with Crippen LogP contribution in [0.4, 0.5) is 0 Å². The molecule has 1 aliphatic carbocycles. The maximum absolute atomic E-state index is 5.50. The fourth-order valence-corrected chi connectivity index (χ4v) is 3.68. The Hall–Kier alpha value is -2.54. The topological polar surface area (TPSA) is 81.7 Å². The molecule has 1 aliphatic rings. The van der Waals surface area contributed by atoms with E-state index in [0.29, 0.717) is 17.9 Å². The Labute approximate surface area is 152 Å². The van der Waals surface area contributed by atoms with Crippen molar-refractivity contribution in [2.45, 2.75) is 52.1 Å². The van der Waals surface area contributed by atoms with Gasteiger partial charge >= 0.3 is 0 Å². The highest BCUT2D eigenvalue weighted by Gasteiger charge is 2.26. The number of benzene rings is 1. The zero-order valence-electron chi connectivity index (χ0n) is 15.2. The molecule has 0 spiro atoms. The first kappa shape index (κ1) is 16.9. The standard InChI is InChI=1S/C19H24N6O/c1-13-5-3-4-6-18(13)25-12-17(22-24-25)11-20-16-8-7-15(9-16)10-19-23-21-14(2)26-19/h3-6,12,15-16,20H,7-11H2,1-2H3/t15-,16+/m1/s1. The minimum absolute atomic E-state index is 0.507. The molecule has 26 heavy (non-hydrogen) atoms. The van der Waals surface area contributed by atoms with Crippen LogP contribution in [0.5, 0.6) is 0 Å². The number of aromatic nitrogens is 5. The summed E-state index contributed by atoms with van der Waals surface area (Å²) >= 11 is 0. The second kappa shape index (κ2) is 7.37. The van der Waals surface area contributed by atoms with Crippen LogP contribution in [0.2, 0.25) is 0 Å². The van der Waals surface area contributed by atoms with Crippen LogP contribution in [-0.4, -0.2) is 31.2 Å².